The van der Waals surface area contributed by atoms with E-state index in [1.165, 1.54) is 4.90 Å². The molecule has 0 bridgehead atoms. The molecule has 30 heavy (non-hydrogen) atoms. The Kier molecular flexibility index (Phi) is 7.29. The second-order valence-corrected chi connectivity index (χ2v) is 7.77. The number of benzene rings is 2. The molecule has 6 nitrogen and oxygen atoms in total. The standard InChI is InChI=1S/C23H24BrNO5/c1-3-30-18-10-5-8-16(14-18)21(26)19-20(15-7-4-9-17(24)13-15)25(11-6-12-29-2)23(28)22(19)27/h4-5,7-10,13-14,20,26H,3,6,11-12H2,1-2H3. The Hall–Kier alpha value is -2.64. The summed E-state index contributed by atoms with van der Waals surface area (Å²) < 4.78 is 11.4. The number of aliphatic hydroxyl groups excluding tert-OH is 1. The number of hydrogen-bond donors (Lipinski definition) is 1. The van der Waals surface area contributed by atoms with E-state index in [1.807, 2.05) is 31.2 Å². The van der Waals surface area contributed by atoms with E-state index < -0.39 is 17.7 Å². The van der Waals surface area contributed by atoms with Crippen molar-refractivity contribution in [3.63, 3.8) is 0 Å². The molecule has 2 aromatic carbocycles. The van der Waals surface area contributed by atoms with Crippen LogP contribution < -0.4 is 4.74 Å². The van der Waals surface area contributed by atoms with Crippen molar-refractivity contribution in [1.82, 2.24) is 4.90 Å². The molecular formula is C23H24BrNO5. The van der Waals surface area contributed by atoms with Crippen molar-refractivity contribution < 1.29 is 24.2 Å². The molecule has 7 heteroatoms. The van der Waals surface area contributed by atoms with Crippen LogP contribution in [0.5, 0.6) is 5.75 Å². The number of carbonyl (C=O) groups is 2. The summed E-state index contributed by atoms with van der Waals surface area (Å²) in [5.41, 5.74) is 1.24. The van der Waals surface area contributed by atoms with Crippen LogP contribution in [0.15, 0.2) is 58.6 Å². The van der Waals surface area contributed by atoms with Crippen LogP contribution in [0.3, 0.4) is 0 Å². The van der Waals surface area contributed by atoms with Crippen molar-refractivity contribution in [2.45, 2.75) is 19.4 Å². The van der Waals surface area contributed by atoms with Crippen molar-refractivity contribution in [3.05, 3.63) is 69.7 Å². The van der Waals surface area contributed by atoms with Gasteiger partial charge in [-0.25, -0.2) is 0 Å². The minimum atomic E-state index is -0.697. The number of halogens is 1. The zero-order valence-electron chi connectivity index (χ0n) is 16.9. The van der Waals surface area contributed by atoms with Crippen molar-refractivity contribution >= 4 is 33.4 Å². The number of rotatable bonds is 8. The van der Waals surface area contributed by atoms with E-state index in [9.17, 15) is 14.7 Å². The largest absolute Gasteiger partial charge is 0.507 e. The van der Waals surface area contributed by atoms with Crippen LogP contribution in [0, 0.1) is 0 Å². The van der Waals surface area contributed by atoms with Crippen molar-refractivity contribution in [1.29, 1.82) is 0 Å². The van der Waals surface area contributed by atoms with Crippen molar-refractivity contribution in [3.8, 4) is 5.75 Å². The molecule has 0 aliphatic carbocycles. The van der Waals surface area contributed by atoms with E-state index in [-0.39, 0.29) is 11.3 Å². The molecule has 1 aliphatic rings. The van der Waals surface area contributed by atoms with Crippen LogP contribution >= 0.6 is 15.9 Å². The molecule has 1 unspecified atom stereocenters. The van der Waals surface area contributed by atoms with E-state index in [1.54, 1.807) is 31.4 Å². The number of ether oxygens (including phenoxy) is 2. The van der Waals surface area contributed by atoms with Gasteiger partial charge in [-0.1, -0.05) is 40.2 Å². The zero-order chi connectivity index (χ0) is 21.7. The highest BCUT2D eigenvalue weighted by atomic mass is 79.9. The Bertz CT molecular complexity index is 972. The van der Waals surface area contributed by atoms with Gasteiger partial charge in [-0.15, -0.1) is 0 Å². The molecule has 0 radical (unpaired) electrons. The maximum atomic E-state index is 13.0. The fraction of sp³-hybridized carbons (Fsp3) is 0.304. The molecule has 1 atom stereocenters. The van der Waals surface area contributed by atoms with Crippen LogP contribution in [-0.2, 0) is 14.3 Å². The summed E-state index contributed by atoms with van der Waals surface area (Å²) in [5.74, 6) is -0.959. The predicted octanol–water partition coefficient (Wildman–Crippen LogP) is 4.31. The fourth-order valence-corrected chi connectivity index (χ4v) is 3.99. The number of hydrogen-bond acceptors (Lipinski definition) is 5. The SMILES string of the molecule is CCOc1cccc(C(O)=C2C(=O)C(=O)N(CCCOC)C2c2cccc(Br)c2)c1. The summed E-state index contributed by atoms with van der Waals surface area (Å²) >= 11 is 3.45. The molecule has 1 heterocycles. The lowest BCUT2D eigenvalue weighted by atomic mass is 9.95. The molecule has 1 aliphatic heterocycles. The van der Waals surface area contributed by atoms with E-state index in [0.717, 1.165) is 10.0 Å². The lowest BCUT2D eigenvalue weighted by Gasteiger charge is -2.25. The number of methoxy groups -OCH3 is 1. The summed E-state index contributed by atoms with van der Waals surface area (Å²) in [6, 6.07) is 13.6. The molecule has 0 aromatic heterocycles. The number of carbonyl (C=O) groups excluding carboxylic acids is 2. The van der Waals surface area contributed by atoms with Gasteiger partial charge >= 0.3 is 0 Å². The molecule has 1 fully saturated rings. The van der Waals surface area contributed by atoms with Gasteiger partial charge in [0.1, 0.15) is 11.5 Å². The molecule has 3 rings (SSSR count). The Balaban J connectivity index is 2.11. The first-order valence-electron chi connectivity index (χ1n) is 9.74. The Morgan fingerprint density at radius 1 is 1.17 bits per heavy atom. The Labute approximate surface area is 184 Å². The van der Waals surface area contributed by atoms with Crippen LogP contribution in [-0.4, -0.2) is 48.6 Å². The summed E-state index contributed by atoms with van der Waals surface area (Å²) in [7, 11) is 1.59. The number of Topliss-reactive ketones (excluding diaryl/α,β-unsaturated/α-hetero) is 1. The summed E-state index contributed by atoms with van der Waals surface area (Å²) in [4.78, 5) is 27.3. The quantitative estimate of drug-likeness (QED) is 0.267. The minimum absolute atomic E-state index is 0.0733. The van der Waals surface area contributed by atoms with Crippen LogP contribution in [0.2, 0.25) is 0 Å². The molecule has 1 amide bonds. The lowest BCUT2D eigenvalue weighted by Crippen LogP contribution is -2.31. The average molecular weight is 474 g/mol. The lowest BCUT2D eigenvalue weighted by molar-refractivity contribution is -0.140. The third-order valence-corrected chi connectivity index (χ3v) is 5.36. The molecule has 158 valence electrons. The molecule has 1 N–H and O–H groups in total. The van der Waals surface area contributed by atoms with Gasteiger partial charge < -0.3 is 19.5 Å². The highest BCUT2D eigenvalue weighted by Gasteiger charge is 2.45. The second-order valence-electron chi connectivity index (χ2n) is 6.85. The smallest absolute Gasteiger partial charge is 0.295 e. The highest BCUT2D eigenvalue weighted by Crippen LogP contribution is 2.40. The normalized spacial score (nSPS) is 18.1. The van der Waals surface area contributed by atoms with E-state index >= 15 is 0 Å². The number of ketones is 1. The van der Waals surface area contributed by atoms with Gasteiger partial charge in [-0.2, -0.15) is 0 Å². The monoisotopic (exact) mass is 473 g/mol. The third kappa shape index (κ3) is 4.57. The maximum Gasteiger partial charge on any atom is 0.295 e. The third-order valence-electron chi connectivity index (χ3n) is 4.87. The van der Waals surface area contributed by atoms with Gasteiger partial charge in [0.05, 0.1) is 18.2 Å². The topological polar surface area (TPSA) is 76.1 Å². The fourth-order valence-electron chi connectivity index (χ4n) is 3.57. The first-order valence-corrected chi connectivity index (χ1v) is 10.5. The average Bonchev–Trinajstić information content (AvgIpc) is 2.99. The van der Waals surface area contributed by atoms with Crippen LogP contribution in [0.4, 0.5) is 0 Å². The van der Waals surface area contributed by atoms with Crippen LogP contribution in [0.25, 0.3) is 5.76 Å². The summed E-state index contributed by atoms with van der Waals surface area (Å²) in [6.07, 6.45) is 0.577. The highest BCUT2D eigenvalue weighted by molar-refractivity contribution is 9.10. The van der Waals surface area contributed by atoms with Gasteiger partial charge in [0.15, 0.2) is 0 Å². The Morgan fingerprint density at radius 3 is 2.63 bits per heavy atom. The molecule has 0 spiro atoms. The van der Waals surface area contributed by atoms with Gasteiger partial charge in [0, 0.05) is 30.3 Å². The van der Waals surface area contributed by atoms with Gasteiger partial charge in [0.2, 0.25) is 0 Å². The van der Waals surface area contributed by atoms with E-state index in [0.29, 0.717) is 37.5 Å². The van der Waals surface area contributed by atoms with Gasteiger partial charge in [-0.3, -0.25) is 9.59 Å². The Morgan fingerprint density at radius 2 is 1.93 bits per heavy atom. The van der Waals surface area contributed by atoms with Gasteiger partial charge in [0.25, 0.3) is 11.7 Å². The summed E-state index contributed by atoms with van der Waals surface area (Å²) in [6.45, 7) is 3.15. The molecule has 0 saturated carbocycles. The molecular weight excluding hydrogens is 450 g/mol. The van der Waals surface area contributed by atoms with Crippen molar-refractivity contribution in [2.75, 3.05) is 26.9 Å². The molecule has 2 aromatic rings. The zero-order valence-corrected chi connectivity index (χ0v) is 18.5. The maximum absolute atomic E-state index is 13.0. The number of amides is 1. The minimum Gasteiger partial charge on any atom is -0.507 e. The predicted molar refractivity (Wildman–Crippen MR) is 117 cm³/mol. The number of aliphatic hydroxyl groups is 1. The second kappa shape index (κ2) is 9.91. The van der Waals surface area contributed by atoms with E-state index in [4.69, 9.17) is 9.47 Å². The van der Waals surface area contributed by atoms with Crippen LogP contribution in [0.1, 0.15) is 30.5 Å². The van der Waals surface area contributed by atoms with Crippen molar-refractivity contribution in [2.24, 2.45) is 0 Å². The number of nitrogens with zero attached hydrogens (tertiary/aromatic N) is 1. The summed E-state index contributed by atoms with van der Waals surface area (Å²) in [5, 5.41) is 11.1. The van der Waals surface area contributed by atoms with E-state index in [2.05, 4.69) is 15.9 Å². The first-order chi connectivity index (χ1) is 14.5. The number of likely N-dealkylation sites (tertiary alicyclic amines) is 1. The van der Waals surface area contributed by atoms with Gasteiger partial charge in [-0.05, 0) is 43.2 Å². The first kappa shape index (κ1) is 22.1. The molecule has 1 saturated heterocycles.